The number of thiazole rings is 1. The fraction of sp³-hybridized carbons (Fsp3) is 0. The van der Waals surface area contributed by atoms with E-state index in [0.717, 1.165) is 14.6 Å². The van der Waals surface area contributed by atoms with Crippen molar-refractivity contribution in [3.63, 3.8) is 0 Å². The molecular formula is C13H9BrN4OS. The molecule has 1 aromatic carbocycles. The zero-order chi connectivity index (χ0) is 14.1. The zero-order valence-electron chi connectivity index (χ0n) is 10.1. The Labute approximate surface area is 127 Å². The molecule has 3 N–H and O–H groups in total. The normalized spacial score (nSPS) is 10.7. The maximum Gasteiger partial charge on any atom is 0.259 e. The number of aromatic nitrogens is 2. The van der Waals surface area contributed by atoms with Crippen LogP contribution in [0.4, 0.5) is 10.9 Å². The molecule has 0 fully saturated rings. The van der Waals surface area contributed by atoms with Crippen molar-refractivity contribution in [2.24, 2.45) is 0 Å². The van der Waals surface area contributed by atoms with Gasteiger partial charge < -0.3 is 5.73 Å². The van der Waals surface area contributed by atoms with Gasteiger partial charge in [0.25, 0.3) is 5.91 Å². The Hall–Kier alpha value is -1.99. The summed E-state index contributed by atoms with van der Waals surface area (Å²) in [5, 5.41) is 4.81. The van der Waals surface area contributed by atoms with Gasteiger partial charge in [0.1, 0.15) is 5.82 Å². The first-order valence-electron chi connectivity index (χ1n) is 5.71. The zero-order valence-corrected chi connectivity index (χ0v) is 12.5. The number of pyridine rings is 1. The maximum atomic E-state index is 12.3. The fourth-order valence-corrected chi connectivity index (χ4v) is 2.97. The smallest absolute Gasteiger partial charge is 0.259 e. The largest absolute Gasteiger partial charge is 0.383 e. The number of carbonyl (C=O) groups is 1. The SMILES string of the molecule is Nc1ncc(C(=O)Nc2ncc(Br)s2)c2ccccc12. The third kappa shape index (κ3) is 2.37. The van der Waals surface area contributed by atoms with Crippen LogP contribution in [0.25, 0.3) is 10.8 Å². The van der Waals surface area contributed by atoms with Gasteiger partial charge in [0, 0.05) is 11.6 Å². The first-order valence-corrected chi connectivity index (χ1v) is 7.32. The lowest BCUT2D eigenvalue weighted by Crippen LogP contribution is -2.13. The quantitative estimate of drug-likeness (QED) is 0.744. The molecule has 2 heterocycles. The summed E-state index contributed by atoms with van der Waals surface area (Å²) in [6, 6.07) is 7.41. The van der Waals surface area contributed by atoms with Crippen molar-refractivity contribution in [1.29, 1.82) is 0 Å². The molecule has 0 spiro atoms. The Bertz CT molecular complexity index is 802. The number of carbonyl (C=O) groups excluding carboxylic acids is 1. The van der Waals surface area contributed by atoms with E-state index in [2.05, 4.69) is 31.2 Å². The van der Waals surface area contributed by atoms with Gasteiger partial charge in [-0.2, -0.15) is 0 Å². The monoisotopic (exact) mass is 348 g/mol. The highest BCUT2D eigenvalue weighted by atomic mass is 79.9. The Morgan fingerprint density at radius 1 is 1.20 bits per heavy atom. The van der Waals surface area contributed by atoms with Crippen LogP contribution in [0.2, 0.25) is 0 Å². The molecule has 0 radical (unpaired) electrons. The van der Waals surface area contributed by atoms with E-state index in [-0.39, 0.29) is 5.91 Å². The molecule has 3 rings (SSSR count). The first kappa shape index (κ1) is 13.0. The summed E-state index contributed by atoms with van der Waals surface area (Å²) in [7, 11) is 0. The van der Waals surface area contributed by atoms with E-state index in [1.807, 2.05) is 24.3 Å². The van der Waals surface area contributed by atoms with E-state index in [4.69, 9.17) is 5.73 Å². The first-order chi connectivity index (χ1) is 9.65. The third-order valence-electron chi connectivity index (χ3n) is 2.77. The van der Waals surface area contributed by atoms with Crippen LogP contribution in [0.1, 0.15) is 10.4 Å². The average Bonchev–Trinajstić information content (AvgIpc) is 2.84. The van der Waals surface area contributed by atoms with Gasteiger partial charge in [-0.25, -0.2) is 9.97 Å². The maximum absolute atomic E-state index is 12.3. The summed E-state index contributed by atoms with van der Waals surface area (Å²) in [6.07, 6.45) is 3.12. The number of amides is 1. The number of rotatable bonds is 2. The predicted molar refractivity (Wildman–Crippen MR) is 83.9 cm³/mol. The van der Waals surface area contributed by atoms with Crippen molar-refractivity contribution in [2.45, 2.75) is 0 Å². The number of benzene rings is 1. The molecule has 7 heteroatoms. The molecule has 0 bridgehead atoms. The van der Waals surface area contributed by atoms with Crippen LogP contribution in [0.5, 0.6) is 0 Å². The standard InChI is InChI=1S/C13H9BrN4OS/c14-10-6-17-13(20-10)18-12(19)9-5-16-11(15)8-4-2-1-3-7(8)9/h1-6H,(H2,15,16)(H,17,18,19). The van der Waals surface area contributed by atoms with Crippen LogP contribution < -0.4 is 11.1 Å². The minimum Gasteiger partial charge on any atom is -0.383 e. The van der Waals surface area contributed by atoms with Crippen molar-refractivity contribution in [2.75, 3.05) is 11.1 Å². The highest BCUT2D eigenvalue weighted by Crippen LogP contribution is 2.26. The number of hydrogen-bond donors (Lipinski definition) is 2. The van der Waals surface area contributed by atoms with E-state index >= 15 is 0 Å². The molecule has 0 aliphatic carbocycles. The Morgan fingerprint density at radius 3 is 2.65 bits per heavy atom. The van der Waals surface area contributed by atoms with Gasteiger partial charge in [0.15, 0.2) is 5.13 Å². The summed E-state index contributed by atoms with van der Waals surface area (Å²) >= 11 is 4.65. The lowest BCUT2D eigenvalue weighted by atomic mass is 10.1. The van der Waals surface area contributed by atoms with E-state index in [1.54, 1.807) is 6.20 Å². The lowest BCUT2D eigenvalue weighted by Gasteiger charge is -2.07. The van der Waals surface area contributed by atoms with Gasteiger partial charge in [-0.15, -0.1) is 0 Å². The minimum atomic E-state index is -0.254. The van der Waals surface area contributed by atoms with Crippen molar-refractivity contribution in [3.05, 3.63) is 46.0 Å². The predicted octanol–water partition coefficient (Wildman–Crippen LogP) is 3.29. The molecule has 100 valence electrons. The lowest BCUT2D eigenvalue weighted by molar-refractivity contribution is 0.102. The summed E-state index contributed by atoms with van der Waals surface area (Å²) in [4.78, 5) is 20.4. The number of nitrogens with one attached hydrogen (secondary N) is 1. The Balaban J connectivity index is 2.01. The Morgan fingerprint density at radius 2 is 1.95 bits per heavy atom. The average molecular weight is 349 g/mol. The molecule has 0 aliphatic rings. The highest BCUT2D eigenvalue weighted by Gasteiger charge is 2.13. The van der Waals surface area contributed by atoms with Crippen molar-refractivity contribution < 1.29 is 4.79 Å². The molecule has 0 aliphatic heterocycles. The van der Waals surface area contributed by atoms with Gasteiger partial charge >= 0.3 is 0 Å². The number of nitrogen functional groups attached to an aromatic ring is 1. The number of nitrogens with zero attached hydrogens (tertiary/aromatic N) is 2. The topological polar surface area (TPSA) is 80.9 Å². The molecule has 20 heavy (non-hydrogen) atoms. The molecule has 5 nitrogen and oxygen atoms in total. The molecular weight excluding hydrogens is 340 g/mol. The van der Waals surface area contributed by atoms with Crippen LogP contribution in [0.15, 0.2) is 40.4 Å². The second kappa shape index (κ2) is 5.18. The molecule has 0 saturated carbocycles. The molecule has 2 aromatic heterocycles. The third-order valence-corrected chi connectivity index (χ3v) is 4.16. The number of halogens is 1. The number of fused-ring (bicyclic) bond motifs is 1. The van der Waals surface area contributed by atoms with Gasteiger partial charge in [0.05, 0.1) is 15.5 Å². The van der Waals surface area contributed by atoms with E-state index in [1.165, 1.54) is 17.5 Å². The number of anilines is 2. The molecule has 1 amide bonds. The molecule has 0 saturated heterocycles. The van der Waals surface area contributed by atoms with Crippen LogP contribution >= 0.6 is 27.3 Å². The van der Waals surface area contributed by atoms with Crippen LogP contribution in [-0.2, 0) is 0 Å². The van der Waals surface area contributed by atoms with Gasteiger partial charge in [-0.3, -0.25) is 10.1 Å². The second-order valence-corrected chi connectivity index (χ2v) is 6.44. The fourth-order valence-electron chi connectivity index (χ4n) is 1.87. The van der Waals surface area contributed by atoms with Gasteiger partial charge in [0.2, 0.25) is 0 Å². The van der Waals surface area contributed by atoms with Crippen molar-refractivity contribution >= 4 is 54.9 Å². The van der Waals surface area contributed by atoms with Gasteiger partial charge in [-0.05, 0) is 21.3 Å². The molecule has 0 unspecified atom stereocenters. The van der Waals surface area contributed by atoms with E-state index in [9.17, 15) is 4.79 Å². The summed E-state index contributed by atoms with van der Waals surface area (Å²) in [6.45, 7) is 0. The van der Waals surface area contributed by atoms with Crippen molar-refractivity contribution in [3.8, 4) is 0 Å². The second-order valence-electron chi connectivity index (χ2n) is 4.03. The number of hydrogen-bond acceptors (Lipinski definition) is 5. The summed E-state index contributed by atoms with van der Waals surface area (Å²) < 4.78 is 0.855. The van der Waals surface area contributed by atoms with E-state index < -0.39 is 0 Å². The van der Waals surface area contributed by atoms with Crippen LogP contribution in [0.3, 0.4) is 0 Å². The highest BCUT2D eigenvalue weighted by molar-refractivity contribution is 9.11. The van der Waals surface area contributed by atoms with Crippen LogP contribution in [0, 0.1) is 0 Å². The van der Waals surface area contributed by atoms with Crippen LogP contribution in [-0.4, -0.2) is 15.9 Å². The Kier molecular flexibility index (Phi) is 3.37. The number of nitrogens with two attached hydrogens (primary N) is 1. The van der Waals surface area contributed by atoms with E-state index in [0.29, 0.717) is 16.5 Å². The van der Waals surface area contributed by atoms with Gasteiger partial charge in [-0.1, -0.05) is 35.6 Å². The minimum absolute atomic E-state index is 0.254. The van der Waals surface area contributed by atoms with Crippen molar-refractivity contribution in [1.82, 2.24) is 9.97 Å². The summed E-state index contributed by atoms with van der Waals surface area (Å²) in [5.41, 5.74) is 6.30. The summed E-state index contributed by atoms with van der Waals surface area (Å²) in [5.74, 6) is 0.157. The molecule has 0 atom stereocenters. The molecule has 3 aromatic rings.